The second kappa shape index (κ2) is 14.8. The molecule has 0 amide bonds. The fourth-order valence-corrected chi connectivity index (χ4v) is 7.12. The predicted octanol–water partition coefficient (Wildman–Crippen LogP) is 13.2. The highest BCUT2D eigenvalue weighted by molar-refractivity contribution is 5.91. The molecule has 9 rings (SSSR count). The summed E-state index contributed by atoms with van der Waals surface area (Å²) in [6.45, 7) is 0. The number of rotatable bonds is 8. The first-order valence-corrected chi connectivity index (χ1v) is 18.2. The van der Waals surface area contributed by atoms with Gasteiger partial charge in [0.25, 0.3) is 0 Å². The fourth-order valence-electron chi connectivity index (χ4n) is 7.12. The molecule has 54 heavy (non-hydrogen) atoms. The van der Waals surface area contributed by atoms with Gasteiger partial charge in [0.05, 0.1) is 0 Å². The molecule has 0 aliphatic heterocycles. The highest BCUT2D eigenvalue weighted by atomic mass is 15.0. The van der Waals surface area contributed by atoms with Crippen LogP contribution in [0.25, 0.3) is 89.8 Å². The maximum Gasteiger partial charge on any atom is 0.164 e. The molecule has 0 unspecified atom stereocenters. The fraction of sp³-hybridized carbons (Fsp3) is 0. The minimum atomic E-state index is 0.615. The maximum atomic E-state index is 5.33. The number of hydrogen-bond acceptors (Lipinski definition) is 3. The van der Waals surface area contributed by atoms with Crippen molar-refractivity contribution in [2.75, 3.05) is 0 Å². The summed E-state index contributed by atoms with van der Waals surface area (Å²) in [5.74, 6) is 1.85. The predicted molar refractivity (Wildman–Crippen MR) is 223 cm³/mol. The SMILES string of the molecule is c1ccc(-c2cccc(-c3nc(-c4ccc(-c5ccccc5)cc4-c4ccccc4)nc(-c4ccccc4-c4ccccc4-c4ccccc4)n3)c2)cc1. The highest BCUT2D eigenvalue weighted by Gasteiger charge is 2.20. The molecular weight excluding hydrogens is 655 g/mol. The van der Waals surface area contributed by atoms with Gasteiger partial charge in [-0.15, -0.1) is 0 Å². The lowest BCUT2D eigenvalue weighted by Gasteiger charge is -2.16. The van der Waals surface area contributed by atoms with Crippen LogP contribution in [0.1, 0.15) is 0 Å². The van der Waals surface area contributed by atoms with Crippen molar-refractivity contribution < 1.29 is 0 Å². The van der Waals surface area contributed by atoms with Crippen LogP contribution in [0.2, 0.25) is 0 Å². The lowest BCUT2D eigenvalue weighted by Crippen LogP contribution is -2.02. The van der Waals surface area contributed by atoms with Gasteiger partial charge in [0.2, 0.25) is 0 Å². The van der Waals surface area contributed by atoms with Gasteiger partial charge in [0.1, 0.15) is 0 Å². The van der Waals surface area contributed by atoms with Crippen LogP contribution in [0.4, 0.5) is 0 Å². The Morgan fingerprint density at radius 1 is 0.185 bits per heavy atom. The summed E-state index contributed by atoms with van der Waals surface area (Å²) >= 11 is 0. The zero-order valence-electron chi connectivity index (χ0n) is 29.5. The minimum absolute atomic E-state index is 0.615. The Kier molecular flexibility index (Phi) is 8.94. The summed E-state index contributed by atoms with van der Waals surface area (Å²) in [5.41, 5.74) is 14.0. The van der Waals surface area contributed by atoms with Crippen molar-refractivity contribution in [3.8, 4) is 89.8 Å². The summed E-state index contributed by atoms with van der Waals surface area (Å²) in [5, 5.41) is 0. The largest absolute Gasteiger partial charge is 0.208 e. The molecule has 0 radical (unpaired) electrons. The number of nitrogens with zero attached hydrogens (tertiary/aromatic N) is 3. The molecule has 1 aromatic heterocycles. The molecule has 0 N–H and O–H groups in total. The molecule has 0 spiro atoms. The molecule has 0 atom stereocenters. The van der Waals surface area contributed by atoms with Crippen molar-refractivity contribution in [2.24, 2.45) is 0 Å². The molecule has 1 heterocycles. The zero-order chi connectivity index (χ0) is 36.1. The number of aromatic nitrogens is 3. The zero-order valence-corrected chi connectivity index (χ0v) is 29.5. The molecular formula is C51H35N3. The molecule has 0 saturated heterocycles. The normalized spacial score (nSPS) is 11.0. The Labute approximate surface area is 316 Å². The first kappa shape index (κ1) is 32.7. The van der Waals surface area contributed by atoms with Crippen LogP contribution >= 0.6 is 0 Å². The van der Waals surface area contributed by atoms with Gasteiger partial charge in [0.15, 0.2) is 17.5 Å². The average molecular weight is 690 g/mol. The third-order valence-corrected chi connectivity index (χ3v) is 9.79. The highest BCUT2D eigenvalue weighted by Crippen LogP contribution is 2.40. The molecule has 0 aliphatic rings. The standard InChI is InChI=1S/C51H35N3/c1-5-18-36(19-6-1)40-26-17-27-42(34-40)49-52-50(46-31-16-15-30-45(46)44-29-14-13-28-43(44)38-22-9-3-10-23-38)54-51(53-49)47-33-32-41(37-20-7-2-8-21-37)35-48(47)39-24-11-4-12-25-39/h1-35H. The van der Waals surface area contributed by atoms with E-state index in [2.05, 4.69) is 194 Å². The van der Waals surface area contributed by atoms with Gasteiger partial charge in [-0.2, -0.15) is 0 Å². The van der Waals surface area contributed by atoms with Gasteiger partial charge in [-0.05, 0) is 73.8 Å². The van der Waals surface area contributed by atoms with E-state index in [1.165, 1.54) is 0 Å². The second-order valence-corrected chi connectivity index (χ2v) is 13.2. The first-order chi connectivity index (χ1) is 26.8. The van der Waals surface area contributed by atoms with E-state index in [9.17, 15) is 0 Å². The maximum absolute atomic E-state index is 5.33. The lowest BCUT2D eigenvalue weighted by atomic mass is 9.91. The van der Waals surface area contributed by atoms with Crippen LogP contribution < -0.4 is 0 Å². The smallest absolute Gasteiger partial charge is 0.164 e. The molecule has 3 heteroatoms. The molecule has 0 bridgehead atoms. The van der Waals surface area contributed by atoms with Gasteiger partial charge >= 0.3 is 0 Å². The van der Waals surface area contributed by atoms with Crippen LogP contribution in [0.15, 0.2) is 212 Å². The van der Waals surface area contributed by atoms with Crippen molar-refractivity contribution in [1.29, 1.82) is 0 Å². The minimum Gasteiger partial charge on any atom is -0.208 e. The summed E-state index contributed by atoms with van der Waals surface area (Å²) in [7, 11) is 0. The molecule has 3 nitrogen and oxygen atoms in total. The number of benzene rings is 8. The molecule has 0 saturated carbocycles. The Hall–Kier alpha value is -7.23. The number of hydrogen-bond donors (Lipinski definition) is 0. The molecule has 0 fully saturated rings. The Balaban J connectivity index is 1.28. The van der Waals surface area contributed by atoms with Gasteiger partial charge in [0, 0.05) is 16.7 Å². The Bertz CT molecular complexity index is 2690. The Morgan fingerprint density at radius 3 is 1.13 bits per heavy atom. The molecule has 254 valence electrons. The molecule has 9 aromatic rings. The van der Waals surface area contributed by atoms with E-state index in [0.29, 0.717) is 17.5 Å². The third kappa shape index (κ3) is 6.63. The van der Waals surface area contributed by atoms with E-state index >= 15 is 0 Å². The van der Waals surface area contributed by atoms with Crippen molar-refractivity contribution >= 4 is 0 Å². The average Bonchev–Trinajstić information content (AvgIpc) is 3.27. The van der Waals surface area contributed by atoms with E-state index in [1.54, 1.807) is 0 Å². The first-order valence-electron chi connectivity index (χ1n) is 18.2. The van der Waals surface area contributed by atoms with E-state index < -0.39 is 0 Å². The van der Waals surface area contributed by atoms with E-state index in [1.807, 2.05) is 18.2 Å². The van der Waals surface area contributed by atoms with Crippen molar-refractivity contribution in [1.82, 2.24) is 15.0 Å². The van der Waals surface area contributed by atoms with Gasteiger partial charge in [-0.25, -0.2) is 15.0 Å². The van der Waals surface area contributed by atoms with Crippen molar-refractivity contribution in [2.45, 2.75) is 0 Å². The monoisotopic (exact) mass is 689 g/mol. The van der Waals surface area contributed by atoms with E-state index in [-0.39, 0.29) is 0 Å². The third-order valence-electron chi connectivity index (χ3n) is 9.79. The van der Waals surface area contributed by atoms with E-state index in [0.717, 1.165) is 72.3 Å². The van der Waals surface area contributed by atoms with Crippen LogP contribution in [0.5, 0.6) is 0 Å². The Morgan fingerprint density at radius 2 is 0.556 bits per heavy atom. The van der Waals surface area contributed by atoms with Crippen molar-refractivity contribution in [3.63, 3.8) is 0 Å². The van der Waals surface area contributed by atoms with Crippen LogP contribution in [-0.2, 0) is 0 Å². The summed E-state index contributed by atoms with van der Waals surface area (Å²) in [4.78, 5) is 15.9. The van der Waals surface area contributed by atoms with E-state index in [4.69, 9.17) is 15.0 Å². The summed E-state index contributed by atoms with van der Waals surface area (Å²) < 4.78 is 0. The lowest BCUT2D eigenvalue weighted by molar-refractivity contribution is 1.07. The summed E-state index contributed by atoms with van der Waals surface area (Å²) in [6, 6.07) is 74.0. The van der Waals surface area contributed by atoms with Crippen molar-refractivity contribution in [3.05, 3.63) is 212 Å². The van der Waals surface area contributed by atoms with Gasteiger partial charge in [-0.1, -0.05) is 194 Å². The van der Waals surface area contributed by atoms with Crippen LogP contribution in [-0.4, -0.2) is 15.0 Å². The molecule has 0 aliphatic carbocycles. The summed E-state index contributed by atoms with van der Waals surface area (Å²) in [6.07, 6.45) is 0. The van der Waals surface area contributed by atoms with Gasteiger partial charge < -0.3 is 0 Å². The quantitative estimate of drug-likeness (QED) is 0.159. The van der Waals surface area contributed by atoms with Crippen LogP contribution in [0.3, 0.4) is 0 Å². The van der Waals surface area contributed by atoms with Gasteiger partial charge in [-0.3, -0.25) is 0 Å². The topological polar surface area (TPSA) is 38.7 Å². The second-order valence-electron chi connectivity index (χ2n) is 13.2. The van der Waals surface area contributed by atoms with Crippen LogP contribution in [0, 0.1) is 0 Å². The molecule has 8 aromatic carbocycles.